The van der Waals surface area contributed by atoms with Gasteiger partial charge in [-0.05, 0) is 29.3 Å². The number of aromatic nitrogens is 2. The maximum atomic E-state index is 13.0. The molecule has 0 saturated carbocycles. The van der Waals surface area contributed by atoms with E-state index in [2.05, 4.69) is 10.4 Å². The summed E-state index contributed by atoms with van der Waals surface area (Å²) in [5.74, 6) is -0.254. The lowest BCUT2D eigenvalue weighted by molar-refractivity contribution is -0.107. The molecule has 0 bridgehead atoms. The second-order valence-electron chi connectivity index (χ2n) is 7.00. The lowest BCUT2D eigenvalue weighted by atomic mass is 9.96. The minimum Gasteiger partial charge on any atom is -0.394 e. The van der Waals surface area contributed by atoms with Crippen LogP contribution < -0.4 is 5.32 Å². The summed E-state index contributed by atoms with van der Waals surface area (Å²) in [7, 11) is 1.88. The van der Waals surface area contributed by atoms with E-state index in [1.807, 2.05) is 43.4 Å². The Morgan fingerprint density at radius 1 is 1.25 bits per heavy atom. The summed E-state index contributed by atoms with van der Waals surface area (Å²) in [5.41, 5.74) is 2.51. The molecule has 1 fully saturated rings. The van der Waals surface area contributed by atoms with Crippen molar-refractivity contribution in [2.75, 3.05) is 13.2 Å². The van der Waals surface area contributed by atoms with Crippen LogP contribution in [0.15, 0.2) is 48.7 Å². The third-order valence-electron chi connectivity index (χ3n) is 5.31. The SMILES string of the molecule is Cn1nccc1-c1cccc2c(C(=O)N[C@H]3CCO[C@H](CO)[C@H]3O)cccc12. The van der Waals surface area contributed by atoms with E-state index in [0.29, 0.717) is 18.6 Å². The van der Waals surface area contributed by atoms with Crippen molar-refractivity contribution in [2.45, 2.75) is 24.7 Å². The normalized spacial score (nSPS) is 22.3. The Labute approximate surface area is 162 Å². The minimum atomic E-state index is -0.942. The molecule has 0 radical (unpaired) electrons. The number of rotatable bonds is 4. The van der Waals surface area contributed by atoms with Crippen molar-refractivity contribution in [3.8, 4) is 11.3 Å². The zero-order chi connectivity index (χ0) is 19.7. The largest absolute Gasteiger partial charge is 0.394 e. The van der Waals surface area contributed by atoms with Crippen molar-refractivity contribution >= 4 is 16.7 Å². The summed E-state index contributed by atoms with van der Waals surface area (Å²) < 4.78 is 7.14. The maximum Gasteiger partial charge on any atom is 0.252 e. The van der Waals surface area contributed by atoms with Gasteiger partial charge in [0.2, 0.25) is 0 Å². The number of hydrogen-bond donors (Lipinski definition) is 3. The van der Waals surface area contributed by atoms with Crippen LogP contribution in [0, 0.1) is 0 Å². The van der Waals surface area contributed by atoms with Crippen LogP contribution in [-0.2, 0) is 11.8 Å². The third-order valence-corrected chi connectivity index (χ3v) is 5.31. The smallest absolute Gasteiger partial charge is 0.252 e. The summed E-state index contributed by atoms with van der Waals surface area (Å²) >= 11 is 0. The lowest BCUT2D eigenvalue weighted by Gasteiger charge is -2.34. The van der Waals surface area contributed by atoms with Crippen LogP contribution in [0.3, 0.4) is 0 Å². The first-order valence-corrected chi connectivity index (χ1v) is 9.31. The van der Waals surface area contributed by atoms with E-state index in [-0.39, 0.29) is 12.5 Å². The summed E-state index contributed by atoms with van der Waals surface area (Å²) in [5, 5.41) is 28.6. The third kappa shape index (κ3) is 3.28. The molecule has 28 heavy (non-hydrogen) atoms. The highest BCUT2D eigenvalue weighted by atomic mass is 16.5. The van der Waals surface area contributed by atoms with Gasteiger partial charge in [-0.1, -0.05) is 30.3 Å². The predicted octanol–water partition coefficient (Wildman–Crippen LogP) is 1.48. The second kappa shape index (κ2) is 7.71. The van der Waals surface area contributed by atoms with Gasteiger partial charge in [0.1, 0.15) is 12.2 Å². The number of aryl methyl sites for hydroxylation is 1. The molecular formula is C21H23N3O4. The maximum absolute atomic E-state index is 13.0. The highest BCUT2D eigenvalue weighted by molar-refractivity contribution is 6.10. The number of hydrogen-bond acceptors (Lipinski definition) is 5. The molecule has 4 rings (SSSR count). The van der Waals surface area contributed by atoms with E-state index < -0.39 is 18.2 Å². The van der Waals surface area contributed by atoms with Gasteiger partial charge in [-0.15, -0.1) is 0 Å². The molecular weight excluding hydrogens is 358 g/mol. The summed E-state index contributed by atoms with van der Waals surface area (Å²) in [4.78, 5) is 13.0. The van der Waals surface area contributed by atoms with Crippen molar-refractivity contribution < 1.29 is 19.7 Å². The molecule has 7 heteroatoms. The highest BCUT2D eigenvalue weighted by Crippen LogP contribution is 2.30. The van der Waals surface area contributed by atoms with Gasteiger partial charge in [0.15, 0.2) is 0 Å². The number of nitrogens with one attached hydrogen (secondary N) is 1. The number of carbonyl (C=O) groups excluding carboxylic acids is 1. The van der Waals surface area contributed by atoms with Gasteiger partial charge in [-0.3, -0.25) is 9.48 Å². The first-order chi connectivity index (χ1) is 13.6. The highest BCUT2D eigenvalue weighted by Gasteiger charge is 2.33. The summed E-state index contributed by atoms with van der Waals surface area (Å²) in [6.45, 7) is 0.100. The number of aliphatic hydroxyl groups excluding tert-OH is 2. The van der Waals surface area contributed by atoms with Crippen LogP contribution in [0.1, 0.15) is 16.8 Å². The van der Waals surface area contributed by atoms with Gasteiger partial charge in [-0.25, -0.2) is 0 Å². The average Bonchev–Trinajstić information content (AvgIpc) is 3.14. The van der Waals surface area contributed by atoms with Gasteiger partial charge >= 0.3 is 0 Å². The Hall–Kier alpha value is -2.74. The first kappa shape index (κ1) is 18.6. The Kier molecular flexibility index (Phi) is 5.13. The van der Waals surface area contributed by atoms with Crippen molar-refractivity contribution in [1.82, 2.24) is 15.1 Å². The number of fused-ring (bicyclic) bond motifs is 1. The van der Waals surface area contributed by atoms with E-state index in [1.54, 1.807) is 16.9 Å². The standard InChI is InChI=1S/C21H23N3O4/c1-24-18(8-10-22-24)15-6-2-5-14-13(15)4-3-7-16(14)21(27)23-17-9-11-28-19(12-25)20(17)26/h2-8,10,17,19-20,25-26H,9,11-12H2,1H3,(H,23,27)/t17-,19+,20-/m0/s1. The zero-order valence-corrected chi connectivity index (χ0v) is 15.6. The molecule has 0 aliphatic carbocycles. The monoisotopic (exact) mass is 381 g/mol. The Morgan fingerprint density at radius 3 is 2.79 bits per heavy atom. The number of amides is 1. The lowest BCUT2D eigenvalue weighted by Crippen LogP contribution is -2.54. The van der Waals surface area contributed by atoms with Gasteiger partial charge < -0.3 is 20.3 Å². The van der Waals surface area contributed by atoms with Crippen molar-refractivity contribution in [3.63, 3.8) is 0 Å². The van der Waals surface area contributed by atoms with Gasteiger partial charge in [0.25, 0.3) is 5.91 Å². The average molecular weight is 381 g/mol. The molecule has 146 valence electrons. The number of carbonyl (C=O) groups is 1. The van der Waals surface area contributed by atoms with E-state index in [0.717, 1.165) is 22.0 Å². The molecule has 3 aromatic rings. The molecule has 0 unspecified atom stereocenters. The predicted molar refractivity (Wildman–Crippen MR) is 105 cm³/mol. The molecule has 1 amide bonds. The van der Waals surface area contributed by atoms with Crippen molar-refractivity contribution in [3.05, 3.63) is 54.2 Å². The van der Waals surface area contributed by atoms with Crippen molar-refractivity contribution in [1.29, 1.82) is 0 Å². The number of ether oxygens (including phenoxy) is 1. The van der Waals surface area contributed by atoms with Crippen LogP contribution in [0.5, 0.6) is 0 Å². The molecule has 2 heterocycles. The number of benzene rings is 2. The zero-order valence-electron chi connectivity index (χ0n) is 15.6. The molecule has 3 N–H and O–H groups in total. The molecule has 3 atom stereocenters. The van der Waals surface area contributed by atoms with Gasteiger partial charge in [-0.2, -0.15) is 5.10 Å². The van der Waals surface area contributed by atoms with E-state index in [1.165, 1.54) is 0 Å². The quantitative estimate of drug-likeness (QED) is 0.636. The Balaban J connectivity index is 1.68. The molecule has 7 nitrogen and oxygen atoms in total. The van der Waals surface area contributed by atoms with Crippen LogP contribution in [0.25, 0.3) is 22.0 Å². The van der Waals surface area contributed by atoms with E-state index >= 15 is 0 Å². The van der Waals surface area contributed by atoms with Crippen LogP contribution in [0.2, 0.25) is 0 Å². The summed E-state index contributed by atoms with van der Waals surface area (Å²) in [6.07, 6.45) is 0.620. The molecule has 1 saturated heterocycles. The minimum absolute atomic E-state index is 0.254. The van der Waals surface area contributed by atoms with E-state index in [9.17, 15) is 15.0 Å². The van der Waals surface area contributed by atoms with E-state index in [4.69, 9.17) is 4.74 Å². The Morgan fingerprint density at radius 2 is 2.04 bits per heavy atom. The number of aliphatic hydroxyl groups is 2. The fourth-order valence-corrected chi connectivity index (χ4v) is 3.81. The van der Waals surface area contributed by atoms with Crippen LogP contribution in [-0.4, -0.2) is 57.4 Å². The van der Waals surface area contributed by atoms with Gasteiger partial charge in [0, 0.05) is 31.0 Å². The topological polar surface area (TPSA) is 96.6 Å². The summed E-state index contributed by atoms with van der Waals surface area (Å²) in [6, 6.07) is 12.9. The number of nitrogens with zero attached hydrogens (tertiary/aromatic N) is 2. The van der Waals surface area contributed by atoms with Crippen molar-refractivity contribution in [2.24, 2.45) is 7.05 Å². The fourth-order valence-electron chi connectivity index (χ4n) is 3.81. The molecule has 1 aromatic heterocycles. The second-order valence-corrected chi connectivity index (χ2v) is 7.00. The van der Waals surface area contributed by atoms with Gasteiger partial charge in [0.05, 0.1) is 18.3 Å². The first-order valence-electron chi connectivity index (χ1n) is 9.31. The molecule has 1 aliphatic heterocycles. The fraction of sp³-hybridized carbons (Fsp3) is 0.333. The molecule has 2 aromatic carbocycles. The van der Waals surface area contributed by atoms with Crippen LogP contribution >= 0.6 is 0 Å². The molecule has 1 aliphatic rings. The molecule has 0 spiro atoms. The Bertz CT molecular complexity index is 1000. The van der Waals surface area contributed by atoms with Crippen LogP contribution in [0.4, 0.5) is 0 Å².